The fourth-order valence-electron chi connectivity index (χ4n) is 3.37. The molecule has 0 aliphatic carbocycles. The average molecular weight is 539 g/mol. The number of sulfonamides is 1. The van der Waals surface area contributed by atoms with Crippen molar-refractivity contribution < 1.29 is 18.0 Å². The van der Waals surface area contributed by atoms with E-state index >= 15 is 0 Å². The Kier molecular flexibility index (Phi) is 9.48. The molecule has 0 aliphatic heterocycles. The van der Waals surface area contributed by atoms with E-state index in [1.54, 1.807) is 19.1 Å². The summed E-state index contributed by atoms with van der Waals surface area (Å²) >= 11 is 3.40. The second-order valence-corrected chi connectivity index (χ2v) is 10.9. The lowest BCUT2D eigenvalue weighted by molar-refractivity contribution is -0.139. The highest BCUT2D eigenvalue weighted by Gasteiger charge is 2.30. The number of nitrogens with one attached hydrogen (secondary N) is 1. The molecule has 2 aromatic rings. The third kappa shape index (κ3) is 7.30. The number of carbonyl (C=O) groups excluding carboxylic acids is 2. The largest absolute Gasteiger partial charge is 0.354 e. The molecule has 0 aromatic heterocycles. The van der Waals surface area contributed by atoms with Gasteiger partial charge in [0, 0.05) is 17.6 Å². The number of halogens is 1. The van der Waals surface area contributed by atoms with Gasteiger partial charge in [0.15, 0.2) is 0 Å². The van der Waals surface area contributed by atoms with Gasteiger partial charge in [-0.1, -0.05) is 47.1 Å². The molecular weight excluding hydrogens is 506 g/mol. The molecule has 7 nitrogen and oxygen atoms in total. The van der Waals surface area contributed by atoms with Crippen molar-refractivity contribution in [2.45, 2.75) is 46.7 Å². The highest BCUT2D eigenvalue weighted by atomic mass is 79.9. The van der Waals surface area contributed by atoms with E-state index in [4.69, 9.17) is 0 Å². The summed E-state index contributed by atoms with van der Waals surface area (Å²) < 4.78 is 27.3. The van der Waals surface area contributed by atoms with Crippen LogP contribution in [-0.4, -0.2) is 50.5 Å². The molecule has 2 rings (SSSR count). The molecule has 0 saturated heterocycles. The van der Waals surface area contributed by atoms with Gasteiger partial charge in [0.05, 0.1) is 11.9 Å². The molecule has 0 unspecified atom stereocenters. The number of amides is 2. The zero-order chi connectivity index (χ0) is 24.8. The number of anilines is 1. The molecule has 180 valence electrons. The topological polar surface area (TPSA) is 86.8 Å². The van der Waals surface area contributed by atoms with E-state index in [-0.39, 0.29) is 12.5 Å². The molecule has 1 N–H and O–H groups in total. The molecule has 0 bridgehead atoms. The van der Waals surface area contributed by atoms with Crippen LogP contribution in [0.25, 0.3) is 0 Å². The van der Waals surface area contributed by atoms with Gasteiger partial charge in [-0.05, 0) is 62.1 Å². The van der Waals surface area contributed by atoms with Gasteiger partial charge in [-0.2, -0.15) is 0 Å². The van der Waals surface area contributed by atoms with E-state index < -0.39 is 28.5 Å². The second kappa shape index (κ2) is 11.7. The maximum atomic E-state index is 13.5. The summed E-state index contributed by atoms with van der Waals surface area (Å²) in [4.78, 5) is 27.6. The predicted octanol–water partition coefficient (Wildman–Crippen LogP) is 3.78. The highest BCUT2D eigenvalue weighted by molar-refractivity contribution is 9.10. The van der Waals surface area contributed by atoms with Crippen molar-refractivity contribution in [3.8, 4) is 0 Å². The normalized spacial score (nSPS) is 12.2. The van der Waals surface area contributed by atoms with Crippen LogP contribution < -0.4 is 9.62 Å². The van der Waals surface area contributed by atoms with Crippen molar-refractivity contribution in [3.63, 3.8) is 0 Å². The molecular formula is C24H32BrN3O4S. The molecule has 0 fully saturated rings. The van der Waals surface area contributed by atoms with Crippen molar-refractivity contribution in [1.82, 2.24) is 10.2 Å². The van der Waals surface area contributed by atoms with Gasteiger partial charge < -0.3 is 10.2 Å². The van der Waals surface area contributed by atoms with Crippen molar-refractivity contribution >= 4 is 43.5 Å². The van der Waals surface area contributed by atoms with E-state index in [0.717, 1.165) is 38.1 Å². The number of benzene rings is 2. The van der Waals surface area contributed by atoms with Crippen molar-refractivity contribution in [2.24, 2.45) is 0 Å². The minimum atomic E-state index is -3.75. The Morgan fingerprint density at radius 2 is 1.73 bits per heavy atom. The van der Waals surface area contributed by atoms with Crippen LogP contribution in [-0.2, 0) is 26.2 Å². The van der Waals surface area contributed by atoms with Crippen molar-refractivity contribution in [2.75, 3.05) is 23.7 Å². The zero-order valence-corrected chi connectivity index (χ0v) is 22.2. The Morgan fingerprint density at radius 1 is 1.09 bits per heavy atom. The molecule has 0 aliphatic rings. The summed E-state index contributed by atoms with van der Waals surface area (Å²) in [5, 5.41) is 2.82. The van der Waals surface area contributed by atoms with Crippen LogP contribution in [0, 0.1) is 13.8 Å². The van der Waals surface area contributed by atoms with Gasteiger partial charge in [0.2, 0.25) is 21.8 Å². The lowest BCUT2D eigenvalue weighted by Crippen LogP contribution is -2.51. The first-order valence-corrected chi connectivity index (χ1v) is 13.4. The van der Waals surface area contributed by atoms with Crippen LogP contribution in [0.1, 0.15) is 37.0 Å². The molecule has 2 amide bonds. The quantitative estimate of drug-likeness (QED) is 0.499. The van der Waals surface area contributed by atoms with Gasteiger partial charge in [0.25, 0.3) is 0 Å². The number of rotatable bonds is 10. The Balaban J connectivity index is 2.40. The van der Waals surface area contributed by atoms with Crippen LogP contribution in [0.5, 0.6) is 0 Å². The van der Waals surface area contributed by atoms with Crippen LogP contribution in [0.15, 0.2) is 46.9 Å². The van der Waals surface area contributed by atoms with Gasteiger partial charge in [0.1, 0.15) is 12.6 Å². The van der Waals surface area contributed by atoms with Crippen LogP contribution in [0.2, 0.25) is 0 Å². The minimum Gasteiger partial charge on any atom is -0.354 e. The lowest BCUT2D eigenvalue weighted by atomic mass is 10.1. The van der Waals surface area contributed by atoms with Crippen molar-refractivity contribution in [1.29, 1.82) is 0 Å². The maximum absolute atomic E-state index is 13.5. The average Bonchev–Trinajstić information content (AvgIpc) is 2.76. The van der Waals surface area contributed by atoms with Crippen LogP contribution in [0.4, 0.5) is 5.69 Å². The maximum Gasteiger partial charge on any atom is 0.244 e. The molecule has 0 radical (unpaired) electrons. The van der Waals surface area contributed by atoms with Crippen LogP contribution in [0.3, 0.4) is 0 Å². The van der Waals surface area contributed by atoms with Gasteiger partial charge in [-0.3, -0.25) is 13.9 Å². The van der Waals surface area contributed by atoms with E-state index in [0.29, 0.717) is 12.2 Å². The highest BCUT2D eigenvalue weighted by Crippen LogP contribution is 2.25. The van der Waals surface area contributed by atoms with E-state index in [9.17, 15) is 18.0 Å². The Hall–Kier alpha value is -2.39. The molecule has 33 heavy (non-hydrogen) atoms. The summed E-state index contributed by atoms with van der Waals surface area (Å²) in [6, 6.07) is 12.0. The Bertz CT molecular complexity index is 1090. The van der Waals surface area contributed by atoms with E-state index in [1.807, 2.05) is 51.1 Å². The molecule has 0 heterocycles. The zero-order valence-electron chi connectivity index (χ0n) is 19.8. The van der Waals surface area contributed by atoms with Gasteiger partial charge >= 0.3 is 0 Å². The number of hydrogen-bond acceptors (Lipinski definition) is 4. The predicted molar refractivity (Wildman–Crippen MR) is 136 cm³/mol. The second-order valence-electron chi connectivity index (χ2n) is 8.10. The summed E-state index contributed by atoms with van der Waals surface area (Å²) in [6.45, 7) is 7.60. The summed E-state index contributed by atoms with van der Waals surface area (Å²) in [5.74, 6) is -0.733. The first kappa shape index (κ1) is 26.9. The first-order chi connectivity index (χ1) is 15.5. The van der Waals surface area contributed by atoms with Gasteiger partial charge in [-0.25, -0.2) is 8.42 Å². The standard InChI is InChI=1S/C24H32BrN3O4S/c1-6-14-26-24(30)19(4)27(15-20-10-12-21(25)13-11-20)23(29)16-28(33(5,31)32)22-9-7-8-17(2)18(22)3/h7-13,19H,6,14-16H2,1-5H3,(H,26,30)/t19-/m1/s1. The molecule has 0 spiro atoms. The third-order valence-corrected chi connectivity index (χ3v) is 7.16. The molecule has 0 saturated carbocycles. The Labute approximate surface area is 205 Å². The summed E-state index contributed by atoms with van der Waals surface area (Å²) in [6.07, 6.45) is 1.85. The smallest absolute Gasteiger partial charge is 0.244 e. The van der Waals surface area contributed by atoms with E-state index in [2.05, 4.69) is 21.2 Å². The molecule has 1 atom stereocenters. The summed E-state index contributed by atoms with van der Waals surface area (Å²) in [7, 11) is -3.75. The molecule has 9 heteroatoms. The monoisotopic (exact) mass is 537 g/mol. The number of carbonyl (C=O) groups is 2. The summed E-state index contributed by atoms with van der Waals surface area (Å²) in [5.41, 5.74) is 2.99. The Morgan fingerprint density at radius 3 is 2.30 bits per heavy atom. The SMILES string of the molecule is CCCNC(=O)[C@@H](C)N(Cc1ccc(Br)cc1)C(=O)CN(c1cccc(C)c1C)S(C)(=O)=O. The fourth-order valence-corrected chi connectivity index (χ4v) is 4.53. The third-order valence-electron chi connectivity index (χ3n) is 5.51. The number of hydrogen-bond donors (Lipinski definition) is 1. The fraction of sp³-hybridized carbons (Fsp3) is 0.417. The minimum absolute atomic E-state index is 0.178. The van der Waals surface area contributed by atoms with Crippen LogP contribution >= 0.6 is 15.9 Å². The van der Waals surface area contributed by atoms with E-state index in [1.165, 1.54) is 4.90 Å². The number of nitrogens with zero attached hydrogens (tertiary/aromatic N) is 2. The van der Waals surface area contributed by atoms with Crippen molar-refractivity contribution in [3.05, 3.63) is 63.6 Å². The first-order valence-electron chi connectivity index (χ1n) is 10.8. The number of aryl methyl sites for hydroxylation is 1. The lowest BCUT2D eigenvalue weighted by Gasteiger charge is -2.32. The van der Waals surface area contributed by atoms with Gasteiger partial charge in [-0.15, -0.1) is 0 Å². The molecule has 2 aromatic carbocycles.